The Morgan fingerprint density at radius 1 is 0.962 bits per heavy atom. The fourth-order valence-corrected chi connectivity index (χ4v) is 4.00. The number of rotatable bonds is 6. The summed E-state index contributed by atoms with van der Waals surface area (Å²) in [4.78, 5) is 0.0622. The average Bonchev–Trinajstić information content (AvgIpc) is 2.58. The summed E-state index contributed by atoms with van der Waals surface area (Å²) in [5.41, 5.74) is 0.975. The Hall–Kier alpha value is -2.30. The van der Waals surface area contributed by atoms with Gasteiger partial charge in [0.2, 0.25) is 20.0 Å². The first-order valence-corrected chi connectivity index (χ1v) is 11.1. The Morgan fingerprint density at radius 3 is 2.42 bits per heavy atom. The number of anilines is 1. The molecule has 2 aromatic carbocycles. The van der Waals surface area contributed by atoms with E-state index < -0.39 is 20.0 Å². The van der Waals surface area contributed by atoms with Crippen molar-refractivity contribution in [3.8, 4) is 11.5 Å². The van der Waals surface area contributed by atoms with Crippen molar-refractivity contribution in [2.45, 2.75) is 11.4 Å². The fraction of sp³-hybridized carbons (Fsp3) is 0.250. The molecule has 0 saturated heterocycles. The van der Waals surface area contributed by atoms with Gasteiger partial charge in [0, 0.05) is 18.3 Å². The molecule has 8 nitrogen and oxygen atoms in total. The van der Waals surface area contributed by atoms with Crippen molar-refractivity contribution >= 4 is 25.7 Å². The lowest BCUT2D eigenvalue weighted by atomic mass is 10.2. The van der Waals surface area contributed by atoms with Crippen molar-refractivity contribution in [3.05, 3.63) is 48.0 Å². The second kappa shape index (κ2) is 7.14. The van der Waals surface area contributed by atoms with Gasteiger partial charge in [-0.2, -0.15) is 0 Å². The molecule has 2 aromatic rings. The molecular formula is C16H18N2O6S2. The highest BCUT2D eigenvalue weighted by atomic mass is 32.2. The number of nitrogens with one attached hydrogen (secondary N) is 2. The van der Waals surface area contributed by atoms with Crippen molar-refractivity contribution in [3.63, 3.8) is 0 Å². The average molecular weight is 398 g/mol. The van der Waals surface area contributed by atoms with Gasteiger partial charge in [0.25, 0.3) is 0 Å². The molecule has 0 amide bonds. The van der Waals surface area contributed by atoms with Gasteiger partial charge in [0.15, 0.2) is 11.5 Å². The largest absolute Gasteiger partial charge is 0.486 e. The summed E-state index contributed by atoms with van der Waals surface area (Å²) >= 11 is 0. The van der Waals surface area contributed by atoms with Crippen LogP contribution in [0.15, 0.2) is 47.4 Å². The summed E-state index contributed by atoms with van der Waals surface area (Å²) < 4.78 is 63.2. The standard InChI is InChI=1S/C16H18N2O6S2/c1-25(19,20)18-13-4-2-3-12(9-13)11-17-26(21,22)14-5-6-15-16(10-14)24-8-7-23-15/h2-6,9-10,17-18H,7-8,11H2,1H3. The molecule has 0 unspecified atom stereocenters. The van der Waals surface area contributed by atoms with Gasteiger partial charge in [-0.15, -0.1) is 0 Å². The Morgan fingerprint density at radius 2 is 1.69 bits per heavy atom. The highest BCUT2D eigenvalue weighted by molar-refractivity contribution is 7.92. The van der Waals surface area contributed by atoms with Crippen LogP contribution < -0.4 is 18.9 Å². The van der Waals surface area contributed by atoms with E-state index in [-0.39, 0.29) is 11.4 Å². The number of ether oxygens (including phenoxy) is 2. The van der Waals surface area contributed by atoms with Gasteiger partial charge in [-0.1, -0.05) is 12.1 Å². The van der Waals surface area contributed by atoms with E-state index in [1.165, 1.54) is 12.1 Å². The van der Waals surface area contributed by atoms with E-state index in [2.05, 4.69) is 9.44 Å². The second-order valence-electron chi connectivity index (χ2n) is 5.70. The first kappa shape index (κ1) is 18.5. The molecule has 10 heteroatoms. The molecule has 3 rings (SSSR count). The lowest BCUT2D eigenvalue weighted by Gasteiger charge is -2.19. The molecule has 0 radical (unpaired) electrons. The number of sulfonamides is 2. The maximum absolute atomic E-state index is 12.5. The Bertz CT molecular complexity index is 1020. The molecule has 0 aliphatic carbocycles. The molecule has 140 valence electrons. The van der Waals surface area contributed by atoms with Gasteiger partial charge in [0.1, 0.15) is 13.2 Å². The van der Waals surface area contributed by atoms with Crippen LogP contribution in [0, 0.1) is 0 Å². The quantitative estimate of drug-likeness (QED) is 0.759. The first-order chi connectivity index (χ1) is 12.2. The van der Waals surface area contributed by atoms with Crippen LogP contribution in [-0.2, 0) is 26.6 Å². The number of hydrogen-bond donors (Lipinski definition) is 2. The molecule has 1 aliphatic rings. The van der Waals surface area contributed by atoms with Crippen LogP contribution in [0.25, 0.3) is 0 Å². The highest BCUT2D eigenvalue weighted by Gasteiger charge is 2.19. The molecule has 0 aromatic heterocycles. The van der Waals surface area contributed by atoms with E-state index in [0.29, 0.717) is 36.0 Å². The normalized spacial score (nSPS) is 14.0. The Balaban J connectivity index is 1.73. The minimum atomic E-state index is -3.76. The third-order valence-corrected chi connectivity index (χ3v) is 5.53. The third-order valence-electron chi connectivity index (χ3n) is 3.52. The van der Waals surface area contributed by atoms with E-state index in [0.717, 1.165) is 6.26 Å². The topological polar surface area (TPSA) is 111 Å². The summed E-state index contributed by atoms with van der Waals surface area (Å²) in [6.45, 7) is 0.801. The van der Waals surface area contributed by atoms with Gasteiger partial charge in [0.05, 0.1) is 11.2 Å². The van der Waals surface area contributed by atoms with E-state index in [1.807, 2.05) is 0 Å². The van der Waals surface area contributed by atoms with Gasteiger partial charge >= 0.3 is 0 Å². The third kappa shape index (κ3) is 4.65. The molecule has 0 bridgehead atoms. The molecular weight excluding hydrogens is 380 g/mol. The van der Waals surface area contributed by atoms with Crippen LogP contribution in [0.3, 0.4) is 0 Å². The number of hydrogen-bond acceptors (Lipinski definition) is 6. The van der Waals surface area contributed by atoms with Crippen LogP contribution in [-0.4, -0.2) is 36.3 Å². The smallest absolute Gasteiger partial charge is 0.241 e. The molecule has 1 heterocycles. The van der Waals surface area contributed by atoms with Crippen molar-refractivity contribution in [2.75, 3.05) is 24.2 Å². The van der Waals surface area contributed by atoms with Crippen molar-refractivity contribution in [1.82, 2.24) is 4.72 Å². The van der Waals surface area contributed by atoms with E-state index in [1.54, 1.807) is 30.3 Å². The summed E-state index contributed by atoms with van der Waals surface area (Å²) in [5.74, 6) is 0.897. The van der Waals surface area contributed by atoms with Crippen LogP contribution >= 0.6 is 0 Å². The molecule has 0 fully saturated rings. The zero-order valence-electron chi connectivity index (χ0n) is 13.9. The molecule has 0 atom stereocenters. The lowest BCUT2D eigenvalue weighted by Crippen LogP contribution is -2.24. The predicted molar refractivity (Wildman–Crippen MR) is 96.4 cm³/mol. The van der Waals surface area contributed by atoms with E-state index >= 15 is 0 Å². The Kier molecular flexibility index (Phi) is 5.08. The highest BCUT2D eigenvalue weighted by Crippen LogP contribution is 2.32. The lowest BCUT2D eigenvalue weighted by molar-refractivity contribution is 0.171. The molecule has 26 heavy (non-hydrogen) atoms. The van der Waals surface area contributed by atoms with Crippen LogP contribution in [0.2, 0.25) is 0 Å². The van der Waals surface area contributed by atoms with Crippen LogP contribution in [0.4, 0.5) is 5.69 Å². The van der Waals surface area contributed by atoms with Gasteiger partial charge in [-0.25, -0.2) is 21.6 Å². The maximum Gasteiger partial charge on any atom is 0.241 e. The van der Waals surface area contributed by atoms with E-state index in [4.69, 9.17) is 9.47 Å². The van der Waals surface area contributed by atoms with Crippen molar-refractivity contribution in [2.24, 2.45) is 0 Å². The SMILES string of the molecule is CS(=O)(=O)Nc1cccc(CNS(=O)(=O)c2ccc3c(c2)OCCO3)c1. The predicted octanol–water partition coefficient (Wildman–Crippen LogP) is 1.31. The summed E-state index contributed by atoms with van der Waals surface area (Å²) in [6.07, 6.45) is 1.05. The van der Waals surface area contributed by atoms with Crippen LogP contribution in [0.1, 0.15) is 5.56 Å². The minimum Gasteiger partial charge on any atom is -0.486 e. The second-order valence-corrected chi connectivity index (χ2v) is 9.22. The summed E-state index contributed by atoms with van der Waals surface area (Å²) in [6, 6.07) is 10.9. The zero-order chi connectivity index (χ0) is 18.8. The summed E-state index contributed by atoms with van der Waals surface area (Å²) in [7, 11) is -7.17. The van der Waals surface area contributed by atoms with Gasteiger partial charge < -0.3 is 9.47 Å². The fourth-order valence-electron chi connectivity index (χ4n) is 2.41. The van der Waals surface area contributed by atoms with Gasteiger partial charge in [-0.05, 0) is 29.8 Å². The van der Waals surface area contributed by atoms with Crippen molar-refractivity contribution in [1.29, 1.82) is 0 Å². The Labute approximate surface area is 152 Å². The number of benzene rings is 2. The first-order valence-electron chi connectivity index (χ1n) is 7.69. The monoisotopic (exact) mass is 398 g/mol. The van der Waals surface area contributed by atoms with Crippen molar-refractivity contribution < 1.29 is 26.3 Å². The zero-order valence-corrected chi connectivity index (χ0v) is 15.6. The summed E-state index contributed by atoms with van der Waals surface area (Å²) in [5, 5.41) is 0. The minimum absolute atomic E-state index is 0.00998. The van der Waals surface area contributed by atoms with Crippen LogP contribution in [0.5, 0.6) is 11.5 Å². The molecule has 2 N–H and O–H groups in total. The number of fused-ring (bicyclic) bond motifs is 1. The van der Waals surface area contributed by atoms with E-state index in [9.17, 15) is 16.8 Å². The maximum atomic E-state index is 12.5. The molecule has 1 aliphatic heterocycles. The van der Waals surface area contributed by atoms with Gasteiger partial charge in [-0.3, -0.25) is 4.72 Å². The molecule has 0 saturated carbocycles. The molecule has 0 spiro atoms.